The maximum Gasteiger partial charge on any atom is 0.225 e. The first kappa shape index (κ1) is 16.3. The molecule has 0 radical (unpaired) electrons. The predicted octanol–water partition coefficient (Wildman–Crippen LogP) is 5.61. The van der Waals surface area contributed by atoms with E-state index in [0.29, 0.717) is 28.0 Å². The SMILES string of the molecule is CC[C@@H](C)Nc1nc(Nc2cc(Cl)ccc2Cl)cc(C2CC2)n1. The molecule has 1 aliphatic rings. The molecule has 122 valence electrons. The van der Waals surface area contributed by atoms with Crippen LogP contribution in [0.15, 0.2) is 24.3 Å². The minimum atomic E-state index is 0.326. The van der Waals surface area contributed by atoms with E-state index >= 15 is 0 Å². The summed E-state index contributed by atoms with van der Waals surface area (Å²) in [5.41, 5.74) is 1.82. The van der Waals surface area contributed by atoms with Gasteiger partial charge in [-0.2, -0.15) is 4.98 Å². The number of rotatable bonds is 6. The summed E-state index contributed by atoms with van der Waals surface area (Å²) in [7, 11) is 0. The third-order valence-corrected chi connectivity index (χ3v) is 4.49. The van der Waals surface area contributed by atoms with Crippen LogP contribution in [0.2, 0.25) is 10.0 Å². The lowest BCUT2D eigenvalue weighted by Crippen LogP contribution is -2.16. The summed E-state index contributed by atoms with van der Waals surface area (Å²) in [5.74, 6) is 1.94. The van der Waals surface area contributed by atoms with Gasteiger partial charge in [0, 0.05) is 23.0 Å². The quantitative estimate of drug-likeness (QED) is 0.710. The number of aromatic nitrogens is 2. The maximum atomic E-state index is 6.23. The Morgan fingerprint density at radius 2 is 2.00 bits per heavy atom. The van der Waals surface area contributed by atoms with Gasteiger partial charge >= 0.3 is 0 Å². The van der Waals surface area contributed by atoms with Gasteiger partial charge in [-0.1, -0.05) is 30.1 Å². The number of hydrogen-bond acceptors (Lipinski definition) is 4. The fraction of sp³-hybridized carbons (Fsp3) is 0.412. The molecule has 0 bridgehead atoms. The lowest BCUT2D eigenvalue weighted by atomic mass is 10.2. The molecule has 1 heterocycles. The molecule has 1 aromatic heterocycles. The standard InChI is InChI=1S/C17H20Cl2N4/c1-3-10(2)20-17-22-14(11-4-5-11)9-16(23-17)21-15-8-12(18)6-7-13(15)19/h6-11H,3-5H2,1-2H3,(H2,20,21,22,23)/t10-/m1/s1. The number of anilines is 3. The Kier molecular flexibility index (Phi) is 4.93. The van der Waals surface area contributed by atoms with E-state index in [9.17, 15) is 0 Å². The lowest BCUT2D eigenvalue weighted by Gasteiger charge is -2.15. The van der Waals surface area contributed by atoms with Crippen LogP contribution in [0.5, 0.6) is 0 Å². The van der Waals surface area contributed by atoms with Crippen molar-refractivity contribution in [1.82, 2.24) is 9.97 Å². The van der Waals surface area contributed by atoms with Crippen molar-refractivity contribution in [1.29, 1.82) is 0 Å². The van der Waals surface area contributed by atoms with Crippen LogP contribution in [0.4, 0.5) is 17.5 Å². The van der Waals surface area contributed by atoms with E-state index in [2.05, 4.69) is 34.4 Å². The molecule has 0 saturated heterocycles. The van der Waals surface area contributed by atoms with Gasteiger partial charge in [-0.15, -0.1) is 0 Å². The van der Waals surface area contributed by atoms with Crippen molar-refractivity contribution >= 4 is 40.7 Å². The highest BCUT2D eigenvalue weighted by atomic mass is 35.5. The van der Waals surface area contributed by atoms with Gasteiger partial charge in [-0.3, -0.25) is 0 Å². The van der Waals surface area contributed by atoms with E-state index in [1.165, 1.54) is 12.8 Å². The van der Waals surface area contributed by atoms with Crippen LogP contribution >= 0.6 is 23.2 Å². The van der Waals surface area contributed by atoms with Crippen LogP contribution in [-0.2, 0) is 0 Å². The number of benzene rings is 1. The van der Waals surface area contributed by atoms with E-state index in [0.717, 1.165) is 23.6 Å². The second-order valence-electron chi connectivity index (χ2n) is 5.98. The smallest absolute Gasteiger partial charge is 0.225 e. The molecule has 1 atom stereocenters. The van der Waals surface area contributed by atoms with Gasteiger partial charge in [0.15, 0.2) is 0 Å². The summed E-state index contributed by atoms with van der Waals surface area (Å²) < 4.78 is 0. The van der Waals surface area contributed by atoms with Crippen molar-refractivity contribution in [2.45, 2.75) is 45.1 Å². The molecule has 6 heteroatoms. The highest BCUT2D eigenvalue weighted by Gasteiger charge is 2.26. The summed E-state index contributed by atoms with van der Waals surface area (Å²) in [6.07, 6.45) is 3.40. The van der Waals surface area contributed by atoms with Crippen molar-refractivity contribution in [3.8, 4) is 0 Å². The monoisotopic (exact) mass is 350 g/mol. The van der Waals surface area contributed by atoms with E-state index in [1.807, 2.05) is 6.07 Å². The molecule has 0 unspecified atom stereocenters. The number of nitrogens with zero attached hydrogens (tertiary/aromatic N) is 2. The lowest BCUT2D eigenvalue weighted by molar-refractivity contribution is 0.750. The van der Waals surface area contributed by atoms with Crippen molar-refractivity contribution in [2.24, 2.45) is 0 Å². The molecule has 0 spiro atoms. The van der Waals surface area contributed by atoms with Gasteiger partial charge in [-0.25, -0.2) is 4.98 Å². The van der Waals surface area contributed by atoms with Crippen LogP contribution in [0.3, 0.4) is 0 Å². The zero-order valence-corrected chi connectivity index (χ0v) is 14.7. The van der Waals surface area contributed by atoms with Crippen LogP contribution in [0, 0.1) is 0 Å². The normalized spacial score (nSPS) is 15.3. The molecule has 23 heavy (non-hydrogen) atoms. The number of halogens is 2. The second kappa shape index (κ2) is 6.93. The Labute approximate surface area is 146 Å². The van der Waals surface area contributed by atoms with Crippen LogP contribution < -0.4 is 10.6 Å². The summed E-state index contributed by atoms with van der Waals surface area (Å²) in [5, 5.41) is 7.85. The van der Waals surface area contributed by atoms with Gasteiger partial charge in [0.1, 0.15) is 5.82 Å². The molecule has 1 aromatic carbocycles. The molecule has 1 aliphatic carbocycles. The van der Waals surface area contributed by atoms with Crippen LogP contribution in [0.1, 0.15) is 44.7 Å². The molecule has 4 nitrogen and oxygen atoms in total. The Morgan fingerprint density at radius 3 is 2.70 bits per heavy atom. The zero-order chi connectivity index (χ0) is 16.4. The first-order valence-electron chi connectivity index (χ1n) is 7.92. The molecular weight excluding hydrogens is 331 g/mol. The van der Waals surface area contributed by atoms with E-state index < -0.39 is 0 Å². The van der Waals surface area contributed by atoms with E-state index in [4.69, 9.17) is 23.2 Å². The van der Waals surface area contributed by atoms with Crippen LogP contribution in [0.25, 0.3) is 0 Å². The largest absolute Gasteiger partial charge is 0.352 e. The summed E-state index contributed by atoms with van der Waals surface area (Å²) in [6, 6.07) is 7.65. The summed E-state index contributed by atoms with van der Waals surface area (Å²) >= 11 is 12.3. The fourth-order valence-corrected chi connectivity index (χ4v) is 2.57. The minimum absolute atomic E-state index is 0.326. The molecule has 2 N–H and O–H groups in total. The first-order chi connectivity index (χ1) is 11.0. The molecule has 1 fully saturated rings. The Balaban J connectivity index is 1.89. The highest BCUT2D eigenvalue weighted by molar-refractivity contribution is 6.35. The number of nitrogens with one attached hydrogen (secondary N) is 2. The molecule has 2 aromatic rings. The molecule has 3 rings (SSSR count). The van der Waals surface area contributed by atoms with Gasteiger partial charge in [0.2, 0.25) is 5.95 Å². The highest BCUT2D eigenvalue weighted by Crippen LogP contribution is 2.40. The van der Waals surface area contributed by atoms with E-state index in [1.54, 1.807) is 18.2 Å². The fourth-order valence-electron chi connectivity index (χ4n) is 2.24. The Bertz CT molecular complexity index is 701. The van der Waals surface area contributed by atoms with Crippen molar-refractivity contribution in [3.05, 3.63) is 40.0 Å². The Hall–Kier alpha value is -1.52. The van der Waals surface area contributed by atoms with Crippen molar-refractivity contribution in [2.75, 3.05) is 10.6 Å². The van der Waals surface area contributed by atoms with Gasteiger partial charge in [0.05, 0.1) is 16.4 Å². The van der Waals surface area contributed by atoms with Crippen molar-refractivity contribution in [3.63, 3.8) is 0 Å². The third kappa shape index (κ3) is 4.27. The topological polar surface area (TPSA) is 49.8 Å². The molecular formula is C17H20Cl2N4. The zero-order valence-electron chi connectivity index (χ0n) is 13.2. The summed E-state index contributed by atoms with van der Waals surface area (Å²) in [4.78, 5) is 9.21. The van der Waals surface area contributed by atoms with E-state index in [-0.39, 0.29) is 0 Å². The van der Waals surface area contributed by atoms with Gasteiger partial charge in [0.25, 0.3) is 0 Å². The van der Waals surface area contributed by atoms with Crippen LogP contribution in [-0.4, -0.2) is 16.0 Å². The molecule has 0 amide bonds. The average molecular weight is 351 g/mol. The molecule has 1 saturated carbocycles. The molecule has 0 aliphatic heterocycles. The average Bonchev–Trinajstić information content (AvgIpc) is 3.35. The Morgan fingerprint density at radius 1 is 1.22 bits per heavy atom. The predicted molar refractivity (Wildman–Crippen MR) is 97.1 cm³/mol. The minimum Gasteiger partial charge on any atom is -0.352 e. The van der Waals surface area contributed by atoms with Gasteiger partial charge < -0.3 is 10.6 Å². The van der Waals surface area contributed by atoms with Crippen molar-refractivity contribution < 1.29 is 0 Å². The second-order valence-corrected chi connectivity index (χ2v) is 6.82. The number of hydrogen-bond donors (Lipinski definition) is 2. The van der Waals surface area contributed by atoms with Gasteiger partial charge in [-0.05, 0) is 44.4 Å². The first-order valence-corrected chi connectivity index (χ1v) is 8.68. The summed E-state index contributed by atoms with van der Waals surface area (Å²) in [6.45, 7) is 4.25. The maximum absolute atomic E-state index is 6.23. The third-order valence-electron chi connectivity index (χ3n) is 3.92.